The molecule has 0 aliphatic heterocycles. The molecule has 0 aliphatic rings. The van der Waals surface area contributed by atoms with Gasteiger partial charge in [-0.25, -0.2) is 8.78 Å². The second-order valence-corrected chi connectivity index (χ2v) is 4.81. The van der Waals surface area contributed by atoms with Gasteiger partial charge in [0.2, 0.25) is 0 Å². The molecule has 2 aromatic carbocycles. The van der Waals surface area contributed by atoms with E-state index in [0.717, 1.165) is 0 Å². The van der Waals surface area contributed by atoms with Gasteiger partial charge in [-0.3, -0.25) is 4.79 Å². The number of hydrogen-bond donors (Lipinski definition) is 1. The Hall–Kier alpha value is -1.95. The number of hydrogen-bond acceptors (Lipinski definition) is 2. The molecule has 0 heterocycles. The first-order chi connectivity index (χ1) is 9.56. The molecule has 0 aliphatic carbocycles. The monoisotopic (exact) mass is 341 g/mol. The molecule has 3 nitrogen and oxygen atoms in total. The van der Waals surface area contributed by atoms with Gasteiger partial charge in [-0.05, 0) is 30.3 Å². The molecule has 1 N–H and O–H groups in total. The number of carbonyl (C=O) groups is 1. The fourth-order valence-electron chi connectivity index (χ4n) is 1.48. The van der Waals surface area contributed by atoms with Crippen molar-refractivity contribution in [1.82, 2.24) is 0 Å². The Balaban J connectivity index is 1.94. The van der Waals surface area contributed by atoms with Gasteiger partial charge in [0, 0.05) is 4.47 Å². The van der Waals surface area contributed by atoms with Crippen molar-refractivity contribution < 1.29 is 18.3 Å². The number of ether oxygens (including phenoxy) is 1. The van der Waals surface area contributed by atoms with E-state index in [9.17, 15) is 13.6 Å². The Bertz CT molecular complexity index is 634. The van der Waals surface area contributed by atoms with Crippen molar-refractivity contribution in [2.75, 3.05) is 11.9 Å². The third-order valence-electron chi connectivity index (χ3n) is 2.40. The Morgan fingerprint density at radius 3 is 2.60 bits per heavy atom. The van der Waals surface area contributed by atoms with E-state index >= 15 is 0 Å². The van der Waals surface area contributed by atoms with Crippen molar-refractivity contribution in [2.24, 2.45) is 0 Å². The largest absolute Gasteiger partial charge is 0.481 e. The molecule has 0 atom stereocenters. The van der Waals surface area contributed by atoms with Gasteiger partial charge in [0.05, 0.1) is 5.69 Å². The minimum atomic E-state index is -0.575. The van der Waals surface area contributed by atoms with Crippen LogP contribution >= 0.6 is 15.9 Å². The molecule has 2 rings (SSSR count). The Morgan fingerprint density at radius 1 is 1.15 bits per heavy atom. The van der Waals surface area contributed by atoms with E-state index in [4.69, 9.17) is 4.74 Å². The van der Waals surface area contributed by atoms with Crippen LogP contribution in [0.3, 0.4) is 0 Å². The predicted octanol–water partition coefficient (Wildman–Crippen LogP) is 3.74. The summed E-state index contributed by atoms with van der Waals surface area (Å²) < 4.78 is 32.3. The van der Waals surface area contributed by atoms with Crippen molar-refractivity contribution in [2.45, 2.75) is 0 Å². The molecule has 0 radical (unpaired) electrons. The highest BCUT2D eigenvalue weighted by atomic mass is 79.9. The van der Waals surface area contributed by atoms with E-state index in [2.05, 4.69) is 21.2 Å². The van der Waals surface area contributed by atoms with Crippen LogP contribution in [0.4, 0.5) is 14.5 Å². The molecule has 104 valence electrons. The van der Waals surface area contributed by atoms with Gasteiger partial charge in [0.1, 0.15) is 5.82 Å². The van der Waals surface area contributed by atoms with E-state index in [-0.39, 0.29) is 11.4 Å². The third kappa shape index (κ3) is 3.77. The Morgan fingerprint density at radius 2 is 1.90 bits per heavy atom. The maximum Gasteiger partial charge on any atom is 0.262 e. The molecule has 0 saturated carbocycles. The zero-order valence-corrected chi connectivity index (χ0v) is 11.8. The van der Waals surface area contributed by atoms with Crippen LogP contribution in [-0.2, 0) is 4.79 Å². The Labute approximate surface area is 122 Å². The summed E-state index contributed by atoms with van der Waals surface area (Å²) in [5.74, 6) is -1.73. The van der Waals surface area contributed by atoms with Crippen LogP contribution in [-0.4, -0.2) is 12.5 Å². The number of anilines is 1. The topological polar surface area (TPSA) is 38.3 Å². The van der Waals surface area contributed by atoms with Crippen molar-refractivity contribution in [3.05, 3.63) is 58.6 Å². The average Bonchev–Trinajstić information content (AvgIpc) is 2.41. The molecule has 0 aromatic heterocycles. The molecule has 6 heteroatoms. The summed E-state index contributed by atoms with van der Waals surface area (Å²) in [4.78, 5) is 11.6. The summed E-state index contributed by atoms with van der Waals surface area (Å²) in [7, 11) is 0. The van der Waals surface area contributed by atoms with E-state index in [1.54, 1.807) is 12.1 Å². The summed E-state index contributed by atoms with van der Waals surface area (Å²) in [6, 6.07) is 9.97. The number of benzene rings is 2. The second kappa shape index (κ2) is 6.47. The highest BCUT2D eigenvalue weighted by Gasteiger charge is 2.09. The van der Waals surface area contributed by atoms with Gasteiger partial charge in [0.25, 0.3) is 5.91 Å². The second-order valence-electron chi connectivity index (χ2n) is 3.89. The lowest BCUT2D eigenvalue weighted by atomic mass is 10.3. The number of halogens is 3. The van der Waals surface area contributed by atoms with Gasteiger partial charge in [-0.1, -0.05) is 28.1 Å². The van der Waals surface area contributed by atoms with Gasteiger partial charge in [-0.15, -0.1) is 0 Å². The van der Waals surface area contributed by atoms with Gasteiger partial charge >= 0.3 is 0 Å². The lowest BCUT2D eigenvalue weighted by molar-refractivity contribution is -0.118. The van der Waals surface area contributed by atoms with Crippen LogP contribution < -0.4 is 10.1 Å². The van der Waals surface area contributed by atoms with E-state index in [0.29, 0.717) is 4.47 Å². The van der Waals surface area contributed by atoms with Gasteiger partial charge in [-0.2, -0.15) is 0 Å². The maximum atomic E-state index is 13.5. The van der Waals surface area contributed by atoms with E-state index < -0.39 is 24.1 Å². The number of amides is 1. The molecule has 1 amide bonds. The van der Waals surface area contributed by atoms with Gasteiger partial charge in [0.15, 0.2) is 18.2 Å². The van der Waals surface area contributed by atoms with E-state index in [1.165, 1.54) is 30.3 Å². The summed E-state index contributed by atoms with van der Waals surface area (Å²) in [5, 5.41) is 2.34. The molecule has 2 aromatic rings. The van der Waals surface area contributed by atoms with Crippen LogP contribution in [0.15, 0.2) is 46.9 Å². The number of nitrogens with one attached hydrogen (secondary N) is 1. The minimum absolute atomic E-state index is 0.0288. The summed E-state index contributed by atoms with van der Waals surface area (Å²) >= 11 is 3.11. The highest BCUT2D eigenvalue weighted by Crippen LogP contribution is 2.19. The molecule has 0 spiro atoms. The zero-order valence-electron chi connectivity index (χ0n) is 10.2. The number of carbonyl (C=O) groups excluding carboxylic acids is 1. The van der Waals surface area contributed by atoms with Crippen LogP contribution in [0, 0.1) is 11.6 Å². The first-order valence-electron chi connectivity index (χ1n) is 5.68. The van der Waals surface area contributed by atoms with Crippen molar-refractivity contribution >= 4 is 27.5 Å². The van der Waals surface area contributed by atoms with Crippen LogP contribution in [0.5, 0.6) is 5.75 Å². The molecular weight excluding hydrogens is 332 g/mol. The van der Waals surface area contributed by atoms with Crippen LogP contribution in [0.2, 0.25) is 0 Å². The highest BCUT2D eigenvalue weighted by molar-refractivity contribution is 9.10. The predicted molar refractivity (Wildman–Crippen MR) is 74.6 cm³/mol. The first kappa shape index (κ1) is 14.5. The van der Waals surface area contributed by atoms with Crippen LogP contribution in [0.1, 0.15) is 0 Å². The quantitative estimate of drug-likeness (QED) is 0.919. The smallest absolute Gasteiger partial charge is 0.262 e. The van der Waals surface area contributed by atoms with E-state index in [1.807, 2.05) is 0 Å². The SMILES string of the molecule is O=C(COc1ccccc1F)Nc1ccc(Br)cc1F. The van der Waals surface area contributed by atoms with Crippen molar-refractivity contribution in [3.63, 3.8) is 0 Å². The van der Waals surface area contributed by atoms with Crippen molar-refractivity contribution in [1.29, 1.82) is 0 Å². The summed E-state index contributed by atoms with van der Waals surface area (Å²) in [5.41, 5.74) is 0.0373. The molecule has 0 saturated heterocycles. The fraction of sp³-hybridized carbons (Fsp3) is 0.0714. The third-order valence-corrected chi connectivity index (χ3v) is 2.89. The molecular formula is C14H10BrF2NO2. The standard InChI is InChI=1S/C14H10BrF2NO2/c15-9-5-6-12(11(17)7-9)18-14(19)8-20-13-4-2-1-3-10(13)16/h1-7H,8H2,(H,18,19). The van der Waals surface area contributed by atoms with Gasteiger partial charge < -0.3 is 10.1 Å². The Kier molecular flexibility index (Phi) is 4.68. The zero-order chi connectivity index (χ0) is 14.5. The average molecular weight is 342 g/mol. The summed E-state index contributed by atoms with van der Waals surface area (Å²) in [6.45, 7) is -0.406. The minimum Gasteiger partial charge on any atom is -0.481 e. The van der Waals surface area contributed by atoms with Crippen molar-refractivity contribution in [3.8, 4) is 5.75 Å². The maximum absolute atomic E-state index is 13.5. The lowest BCUT2D eigenvalue weighted by Crippen LogP contribution is -2.21. The lowest BCUT2D eigenvalue weighted by Gasteiger charge is -2.08. The molecule has 0 unspecified atom stereocenters. The number of rotatable bonds is 4. The molecule has 0 bridgehead atoms. The number of para-hydroxylation sites is 1. The normalized spacial score (nSPS) is 10.2. The fourth-order valence-corrected chi connectivity index (χ4v) is 1.82. The van der Waals surface area contributed by atoms with Crippen LogP contribution in [0.25, 0.3) is 0 Å². The molecule has 20 heavy (non-hydrogen) atoms. The molecule has 0 fully saturated rings. The summed E-state index contributed by atoms with van der Waals surface area (Å²) in [6.07, 6.45) is 0. The first-order valence-corrected chi connectivity index (χ1v) is 6.48.